The number of methoxy groups -OCH3 is 1. The van der Waals surface area contributed by atoms with Crippen molar-refractivity contribution < 1.29 is 9.53 Å². The molecule has 0 saturated carbocycles. The Morgan fingerprint density at radius 3 is 2.14 bits per heavy atom. The van der Waals surface area contributed by atoms with Crippen LogP contribution in [0.3, 0.4) is 0 Å². The van der Waals surface area contributed by atoms with Crippen molar-refractivity contribution >= 4 is 12.0 Å². The van der Waals surface area contributed by atoms with E-state index in [1.807, 2.05) is 19.1 Å². The Hall–Kier alpha value is -3.13. The van der Waals surface area contributed by atoms with Crippen LogP contribution in [0.25, 0.3) is 6.08 Å². The van der Waals surface area contributed by atoms with Gasteiger partial charge in [0.25, 0.3) is 0 Å². The maximum absolute atomic E-state index is 10.9. The monoisotopic (exact) mass is 386 g/mol. The van der Waals surface area contributed by atoms with Gasteiger partial charge in [-0.3, -0.25) is 0 Å². The molecule has 0 aliphatic heterocycles. The Morgan fingerprint density at radius 2 is 1.55 bits per heavy atom. The molecule has 0 bridgehead atoms. The van der Waals surface area contributed by atoms with Gasteiger partial charge in [-0.05, 0) is 61.1 Å². The van der Waals surface area contributed by atoms with E-state index in [-0.39, 0.29) is 5.97 Å². The van der Waals surface area contributed by atoms with Gasteiger partial charge in [-0.15, -0.1) is 0 Å². The van der Waals surface area contributed by atoms with E-state index in [4.69, 9.17) is 0 Å². The molecule has 0 heterocycles. The Kier molecular flexibility index (Phi) is 8.91. The minimum absolute atomic E-state index is 0.287. The van der Waals surface area contributed by atoms with Crippen molar-refractivity contribution in [2.75, 3.05) is 7.11 Å². The van der Waals surface area contributed by atoms with Crippen molar-refractivity contribution in [3.8, 4) is 0 Å². The maximum Gasteiger partial charge on any atom is 0.337 e. The molecule has 0 amide bonds. The number of benzene rings is 3. The molecule has 0 spiro atoms. The van der Waals surface area contributed by atoms with Crippen LogP contribution < -0.4 is 0 Å². The fourth-order valence-corrected chi connectivity index (χ4v) is 3.01. The van der Waals surface area contributed by atoms with Gasteiger partial charge in [0.2, 0.25) is 0 Å². The van der Waals surface area contributed by atoms with Gasteiger partial charge < -0.3 is 4.74 Å². The first-order chi connectivity index (χ1) is 14.0. The van der Waals surface area contributed by atoms with Gasteiger partial charge >= 0.3 is 5.97 Å². The predicted octanol–water partition coefficient (Wildman–Crippen LogP) is 6.59. The minimum Gasteiger partial charge on any atom is -0.465 e. The summed E-state index contributed by atoms with van der Waals surface area (Å²) >= 11 is 0. The first-order valence-electron chi connectivity index (χ1n) is 9.99. The van der Waals surface area contributed by atoms with E-state index >= 15 is 0 Å². The van der Waals surface area contributed by atoms with E-state index in [1.165, 1.54) is 29.4 Å². The molecule has 0 radical (unpaired) electrons. The lowest BCUT2D eigenvalue weighted by Gasteiger charge is -1.98. The van der Waals surface area contributed by atoms with Gasteiger partial charge in [0.05, 0.1) is 12.7 Å². The molecule has 0 unspecified atom stereocenters. The molecule has 0 atom stereocenters. The van der Waals surface area contributed by atoms with E-state index in [2.05, 4.69) is 79.3 Å². The summed E-state index contributed by atoms with van der Waals surface area (Å²) in [6.07, 6.45) is 6.64. The third kappa shape index (κ3) is 7.08. The number of hydrogen-bond acceptors (Lipinski definition) is 2. The lowest BCUT2D eigenvalue weighted by molar-refractivity contribution is 0.0600. The number of ether oxygens (including phenoxy) is 1. The first kappa shape index (κ1) is 22.2. The van der Waals surface area contributed by atoms with Crippen LogP contribution in [-0.4, -0.2) is 13.1 Å². The Balaban J connectivity index is 0.000000156. The fourth-order valence-electron chi connectivity index (χ4n) is 3.01. The highest BCUT2D eigenvalue weighted by atomic mass is 16.5. The lowest BCUT2D eigenvalue weighted by Crippen LogP contribution is -2.00. The second kappa shape index (κ2) is 11.7. The van der Waals surface area contributed by atoms with Crippen molar-refractivity contribution in [1.82, 2.24) is 0 Å². The fraction of sp³-hybridized carbons (Fsp3) is 0.222. The molecule has 3 aromatic carbocycles. The number of hydrogen-bond donors (Lipinski definition) is 0. The van der Waals surface area contributed by atoms with Crippen LogP contribution >= 0.6 is 0 Å². The maximum atomic E-state index is 10.9. The van der Waals surface area contributed by atoms with Crippen molar-refractivity contribution in [3.05, 3.63) is 112 Å². The largest absolute Gasteiger partial charge is 0.465 e. The number of fused-ring (bicyclic) bond motifs is 1. The van der Waals surface area contributed by atoms with E-state index < -0.39 is 0 Å². The second-order valence-electron chi connectivity index (χ2n) is 6.94. The topological polar surface area (TPSA) is 26.3 Å². The second-order valence-corrected chi connectivity index (χ2v) is 6.94. The van der Waals surface area contributed by atoms with Gasteiger partial charge in [0, 0.05) is 0 Å². The highest BCUT2D eigenvalue weighted by Crippen LogP contribution is 2.17. The van der Waals surface area contributed by atoms with Crippen LogP contribution in [0.1, 0.15) is 45.1 Å². The van der Waals surface area contributed by atoms with Crippen molar-refractivity contribution in [1.29, 1.82) is 0 Å². The number of carbonyl (C=O) groups excluding carboxylic acids is 1. The Bertz CT molecular complexity index is 931. The van der Waals surface area contributed by atoms with Crippen molar-refractivity contribution in [3.63, 3.8) is 0 Å². The van der Waals surface area contributed by atoms with Gasteiger partial charge in [0.1, 0.15) is 0 Å². The van der Waals surface area contributed by atoms with Crippen LogP contribution in [0.5, 0.6) is 0 Å². The average Bonchev–Trinajstić information content (AvgIpc) is 3.24. The molecule has 150 valence electrons. The molecule has 0 N–H and O–H groups in total. The molecule has 3 aromatic rings. The van der Waals surface area contributed by atoms with Crippen molar-refractivity contribution in [2.24, 2.45) is 0 Å². The molecule has 1 aliphatic carbocycles. The van der Waals surface area contributed by atoms with E-state index in [0.717, 1.165) is 18.4 Å². The molecule has 0 fully saturated rings. The molecule has 0 aromatic heterocycles. The van der Waals surface area contributed by atoms with E-state index in [9.17, 15) is 4.79 Å². The van der Waals surface area contributed by atoms with E-state index in [0.29, 0.717) is 5.56 Å². The summed E-state index contributed by atoms with van der Waals surface area (Å²) < 4.78 is 4.54. The average molecular weight is 387 g/mol. The zero-order chi connectivity index (χ0) is 21.1. The Morgan fingerprint density at radius 1 is 0.897 bits per heavy atom. The zero-order valence-corrected chi connectivity index (χ0v) is 17.8. The number of carbonyl (C=O) groups is 1. The zero-order valence-electron chi connectivity index (χ0n) is 17.8. The normalized spacial score (nSPS) is 10.8. The smallest absolute Gasteiger partial charge is 0.337 e. The van der Waals surface area contributed by atoms with Crippen LogP contribution in [0.15, 0.2) is 78.9 Å². The van der Waals surface area contributed by atoms with Crippen LogP contribution in [0, 0.1) is 13.8 Å². The lowest BCUT2D eigenvalue weighted by atomic mass is 10.1. The summed E-state index contributed by atoms with van der Waals surface area (Å²) in [4.78, 5) is 10.9. The Labute approximate surface area is 174 Å². The summed E-state index contributed by atoms with van der Waals surface area (Å²) in [5.74, 6) is -0.287. The SMILES string of the molecule is C1=Cc2ccccc2C1.CCc1ccccc1C.COC(=O)c1ccc(C)cc1. The minimum atomic E-state index is -0.287. The summed E-state index contributed by atoms with van der Waals surface area (Å²) in [5, 5.41) is 0. The molecule has 2 nitrogen and oxygen atoms in total. The summed E-state index contributed by atoms with van der Waals surface area (Å²) in [6.45, 7) is 6.31. The molecular formula is C27H30O2. The van der Waals surface area contributed by atoms with Gasteiger partial charge in [-0.2, -0.15) is 0 Å². The van der Waals surface area contributed by atoms with Crippen molar-refractivity contribution in [2.45, 2.75) is 33.6 Å². The third-order valence-corrected chi connectivity index (χ3v) is 4.81. The highest BCUT2D eigenvalue weighted by molar-refractivity contribution is 5.89. The van der Waals surface area contributed by atoms with Crippen LogP contribution in [0.4, 0.5) is 0 Å². The number of allylic oxidation sites excluding steroid dienone is 1. The molecule has 1 aliphatic rings. The molecular weight excluding hydrogens is 356 g/mol. The van der Waals surface area contributed by atoms with Crippen LogP contribution in [0.2, 0.25) is 0 Å². The third-order valence-electron chi connectivity index (χ3n) is 4.81. The summed E-state index contributed by atoms with van der Waals surface area (Å²) in [6, 6.07) is 24.3. The predicted molar refractivity (Wildman–Crippen MR) is 122 cm³/mol. The summed E-state index contributed by atoms with van der Waals surface area (Å²) in [7, 11) is 1.38. The molecule has 29 heavy (non-hydrogen) atoms. The van der Waals surface area contributed by atoms with Gasteiger partial charge in [-0.1, -0.05) is 85.3 Å². The number of rotatable bonds is 2. The molecule has 2 heteroatoms. The quantitative estimate of drug-likeness (QED) is 0.464. The molecule has 4 rings (SSSR count). The van der Waals surface area contributed by atoms with Gasteiger partial charge in [-0.25, -0.2) is 4.79 Å². The summed E-state index contributed by atoms with van der Waals surface area (Å²) in [5.41, 5.74) is 7.43. The highest BCUT2D eigenvalue weighted by Gasteiger charge is 2.02. The molecule has 0 saturated heterocycles. The first-order valence-corrected chi connectivity index (χ1v) is 9.99. The number of esters is 1. The van der Waals surface area contributed by atoms with Crippen LogP contribution in [-0.2, 0) is 17.6 Å². The number of aryl methyl sites for hydroxylation is 3. The standard InChI is InChI=1S/C9H10O2.C9H8.C9H12/c1-7-3-5-8(6-4-7)9(10)11-2;1-2-5-9-7-3-6-8(9)4-1;1-3-9-7-5-4-6-8(9)2/h3-6H,1-2H3;1-6H,7H2;4-7H,3H2,1-2H3. The van der Waals surface area contributed by atoms with E-state index in [1.54, 1.807) is 12.1 Å². The van der Waals surface area contributed by atoms with Gasteiger partial charge in [0.15, 0.2) is 0 Å².